The van der Waals surface area contributed by atoms with E-state index in [4.69, 9.17) is 0 Å². The number of rotatable bonds is 4. The molecule has 0 unspecified atom stereocenters. The van der Waals surface area contributed by atoms with E-state index in [0.29, 0.717) is 0 Å². The molecule has 2 aliphatic rings. The van der Waals surface area contributed by atoms with E-state index < -0.39 is 0 Å². The molecule has 0 aromatic heterocycles. The lowest BCUT2D eigenvalue weighted by molar-refractivity contribution is -0.384. The van der Waals surface area contributed by atoms with Gasteiger partial charge in [0.05, 0.1) is 4.92 Å². The molecule has 0 bridgehead atoms. The molecule has 2 saturated heterocycles. The van der Waals surface area contributed by atoms with Gasteiger partial charge in [0, 0.05) is 30.6 Å². The van der Waals surface area contributed by atoms with Gasteiger partial charge in [-0.3, -0.25) is 15.0 Å². The van der Waals surface area contributed by atoms with Crippen LogP contribution in [-0.2, 0) is 0 Å². The minimum Gasteiger partial charge on any atom is -0.367 e. The van der Waals surface area contributed by atoms with Crippen LogP contribution in [0.4, 0.5) is 11.4 Å². The van der Waals surface area contributed by atoms with Gasteiger partial charge < -0.3 is 4.90 Å². The highest BCUT2D eigenvalue weighted by Crippen LogP contribution is 2.42. The summed E-state index contributed by atoms with van der Waals surface area (Å²) in [6.45, 7) is 3.21. The SMILES string of the molecule is CN(CC12CCCN1CCC2)c1c([N+](=O)[O-])ccc2ccccc12. The lowest BCUT2D eigenvalue weighted by Crippen LogP contribution is -2.47. The van der Waals surface area contributed by atoms with Crippen molar-refractivity contribution in [1.29, 1.82) is 0 Å². The molecule has 2 aromatic rings. The Morgan fingerprint density at radius 2 is 1.88 bits per heavy atom. The predicted octanol–water partition coefficient (Wildman–Crippen LogP) is 3.81. The second-order valence-electron chi connectivity index (χ2n) is 7.19. The largest absolute Gasteiger partial charge is 0.367 e. The Morgan fingerprint density at radius 1 is 1.17 bits per heavy atom. The van der Waals surface area contributed by atoms with Gasteiger partial charge in [-0.15, -0.1) is 0 Å². The molecule has 0 amide bonds. The van der Waals surface area contributed by atoms with Crippen LogP contribution in [0.25, 0.3) is 10.8 Å². The molecule has 4 rings (SSSR count). The number of nitro benzene ring substituents is 1. The molecule has 2 aliphatic heterocycles. The van der Waals surface area contributed by atoms with Gasteiger partial charge in [-0.1, -0.05) is 24.3 Å². The molecule has 0 radical (unpaired) electrons. The zero-order valence-corrected chi connectivity index (χ0v) is 14.1. The summed E-state index contributed by atoms with van der Waals surface area (Å²) in [4.78, 5) is 16.1. The third-order valence-electron chi connectivity index (χ3n) is 5.80. The summed E-state index contributed by atoms with van der Waals surface area (Å²) in [5.74, 6) is 0. The monoisotopic (exact) mass is 325 g/mol. The van der Waals surface area contributed by atoms with Crippen molar-refractivity contribution in [3.8, 4) is 0 Å². The summed E-state index contributed by atoms with van der Waals surface area (Å²) in [5.41, 5.74) is 1.17. The maximum absolute atomic E-state index is 11.6. The quantitative estimate of drug-likeness (QED) is 0.633. The first-order valence-electron chi connectivity index (χ1n) is 8.73. The van der Waals surface area contributed by atoms with Crippen molar-refractivity contribution in [2.75, 3.05) is 31.6 Å². The molecule has 2 heterocycles. The number of benzene rings is 2. The van der Waals surface area contributed by atoms with E-state index in [0.717, 1.165) is 23.0 Å². The maximum Gasteiger partial charge on any atom is 0.293 e. The molecule has 0 aliphatic carbocycles. The number of fused-ring (bicyclic) bond motifs is 2. The van der Waals surface area contributed by atoms with Crippen LogP contribution in [0.3, 0.4) is 0 Å². The molecule has 0 spiro atoms. The molecule has 0 atom stereocenters. The van der Waals surface area contributed by atoms with Crippen LogP contribution >= 0.6 is 0 Å². The van der Waals surface area contributed by atoms with E-state index in [9.17, 15) is 10.1 Å². The fraction of sp³-hybridized carbons (Fsp3) is 0.474. The molecule has 126 valence electrons. The zero-order chi connectivity index (χ0) is 16.7. The van der Waals surface area contributed by atoms with Gasteiger partial charge in [0.1, 0.15) is 5.69 Å². The van der Waals surface area contributed by atoms with Crippen molar-refractivity contribution in [3.05, 3.63) is 46.5 Å². The second kappa shape index (κ2) is 5.74. The third-order valence-corrected chi connectivity index (χ3v) is 5.80. The van der Waals surface area contributed by atoms with Crippen LogP contribution in [0, 0.1) is 10.1 Å². The van der Waals surface area contributed by atoms with Gasteiger partial charge in [0.2, 0.25) is 0 Å². The molecular formula is C19H23N3O2. The summed E-state index contributed by atoms with van der Waals surface area (Å²) < 4.78 is 0. The van der Waals surface area contributed by atoms with Gasteiger partial charge in [0.25, 0.3) is 5.69 Å². The van der Waals surface area contributed by atoms with E-state index in [2.05, 4.69) is 9.80 Å². The molecular weight excluding hydrogens is 302 g/mol. The Hall–Kier alpha value is -2.14. The van der Waals surface area contributed by atoms with E-state index in [-0.39, 0.29) is 16.1 Å². The topological polar surface area (TPSA) is 49.6 Å². The van der Waals surface area contributed by atoms with Crippen molar-refractivity contribution >= 4 is 22.1 Å². The van der Waals surface area contributed by atoms with Crippen molar-refractivity contribution in [1.82, 2.24) is 4.90 Å². The van der Waals surface area contributed by atoms with Gasteiger partial charge in [0.15, 0.2) is 0 Å². The van der Waals surface area contributed by atoms with Crippen LogP contribution in [-0.4, -0.2) is 42.0 Å². The lowest BCUT2D eigenvalue weighted by atomic mass is 9.93. The van der Waals surface area contributed by atoms with Crippen molar-refractivity contribution < 1.29 is 4.92 Å². The van der Waals surface area contributed by atoms with E-state index in [1.165, 1.54) is 38.8 Å². The summed E-state index contributed by atoms with van der Waals surface area (Å²) in [6, 6.07) is 11.4. The standard InChI is InChI=1S/C19H23N3O2/c1-20(14-19-10-4-12-21(19)13-5-11-19)18-16-7-3-2-6-15(16)8-9-17(18)22(23)24/h2-3,6-9H,4-5,10-14H2,1H3. The highest BCUT2D eigenvalue weighted by molar-refractivity contribution is 5.98. The lowest BCUT2D eigenvalue weighted by Gasteiger charge is -2.37. The highest BCUT2D eigenvalue weighted by atomic mass is 16.6. The molecule has 2 fully saturated rings. The number of nitrogens with zero attached hydrogens (tertiary/aromatic N) is 3. The normalized spacial score (nSPS) is 19.5. The first-order valence-corrected chi connectivity index (χ1v) is 8.73. The average molecular weight is 325 g/mol. The van der Waals surface area contributed by atoms with Crippen LogP contribution in [0.15, 0.2) is 36.4 Å². The summed E-state index contributed by atoms with van der Waals surface area (Å²) in [6.07, 6.45) is 4.89. The predicted molar refractivity (Wildman–Crippen MR) is 96.6 cm³/mol. The average Bonchev–Trinajstić information content (AvgIpc) is 3.12. The second-order valence-corrected chi connectivity index (χ2v) is 7.19. The number of anilines is 1. The molecule has 5 heteroatoms. The minimum atomic E-state index is -0.253. The first kappa shape index (κ1) is 15.4. The Morgan fingerprint density at radius 3 is 2.58 bits per heavy atom. The fourth-order valence-corrected chi connectivity index (χ4v) is 4.80. The smallest absolute Gasteiger partial charge is 0.293 e. The van der Waals surface area contributed by atoms with Crippen molar-refractivity contribution in [2.45, 2.75) is 31.2 Å². The van der Waals surface area contributed by atoms with E-state index in [1.54, 1.807) is 6.07 Å². The van der Waals surface area contributed by atoms with Gasteiger partial charge in [-0.05, 0) is 50.2 Å². The maximum atomic E-state index is 11.6. The van der Waals surface area contributed by atoms with Gasteiger partial charge in [-0.2, -0.15) is 0 Å². The molecule has 5 nitrogen and oxygen atoms in total. The molecule has 2 aromatic carbocycles. The summed E-state index contributed by atoms with van der Waals surface area (Å²) in [7, 11) is 2.01. The molecule has 0 saturated carbocycles. The highest BCUT2D eigenvalue weighted by Gasteiger charge is 2.45. The Kier molecular flexibility index (Phi) is 3.68. The van der Waals surface area contributed by atoms with Crippen LogP contribution in [0.5, 0.6) is 0 Å². The number of nitro groups is 1. The van der Waals surface area contributed by atoms with Crippen molar-refractivity contribution in [3.63, 3.8) is 0 Å². The van der Waals surface area contributed by atoms with Gasteiger partial charge >= 0.3 is 0 Å². The van der Waals surface area contributed by atoms with E-state index >= 15 is 0 Å². The van der Waals surface area contributed by atoms with Crippen LogP contribution in [0.2, 0.25) is 0 Å². The molecule has 24 heavy (non-hydrogen) atoms. The first-order chi connectivity index (χ1) is 11.6. The fourth-order valence-electron chi connectivity index (χ4n) is 4.80. The Labute approximate surface area is 142 Å². The van der Waals surface area contributed by atoms with E-state index in [1.807, 2.05) is 37.4 Å². The minimum absolute atomic E-state index is 0.204. The molecule has 0 N–H and O–H groups in total. The van der Waals surface area contributed by atoms with Gasteiger partial charge in [-0.25, -0.2) is 0 Å². The Bertz CT molecular complexity index is 779. The zero-order valence-electron chi connectivity index (χ0n) is 14.1. The summed E-state index contributed by atoms with van der Waals surface area (Å²) in [5, 5.41) is 13.6. The Balaban J connectivity index is 1.77. The number of likely N-dealkylation sites (N-methyl/N-ethyl adjacent to an activating group) is 1. The number of hydrogen-bond acceptors (Lipinski definition) is 4. The number of hydrogen-bond donors (Lipinski definition) is 0. The van der Waals surface area contributed by atoms with Crippen LogP contribution in [0.1, 0.15) is 25.7 Å². The van der Waals surface area contributed by atoms with Crippen LogP contribution < -0.4 is 4.90 Å². The van der Waals surface area contributed by atoms with Crippen molar-refractivity contribution in [2.24, 2.45) is 0 Å². The third kappa shape index (κ3) is 2.35. The summed E-state index contributed by atoms with van der Waals surface area (Å²) >= 11 is 0.